The standard InChI is InChI=1S/C18H20N4O4S/c1-2-16-19-11-12(20-16)10-13-17-14(21-18(13)23)4-3-5-15(17)27(24,25)22-6-8-26-9-7-22/h3-5,10-11H,2,6-9H2,1H3,(H,19,20)(H,21,23). The Labute approximate surface area is 157 Å². The number of aromatic nitrogens is 2. The van der Waals surface area contributed by atoms with Gasteiger partial charge in [-0.3, -0.25) is 4.79 Å². The van der Waals surface area contributed by atoms with E-state index in [0.29, 0.717) is 48.8 Å². The van der Waals surface area contributed by atoms with Crippen molar-refractivity contribution in [3.63, 3.8) is 0 Å². The Kier molecular flexibility index (Phi) is 4.58. The Morgan fingerprint density at radius 2 is 2.07 bits per heavy atom. The van der Waals surface area contributed by atoms with Gasteiger partial charge in [-0.2, -0.15) is 4.31 Å². The van der Waals surface area contributed by atoms with Gasteiger partial charge in [0, 0.05) is 25.1 Å². The number of nitrogens with zero attached hydrogens (tertiary/aromatic N) is 2. The van der Waals surface area contributed by atoms with E-state index in [1.165, 1.54) is 4.31 Å². The zero-order valence-electron chi connectivity index (χ0n) is 14.9. The van der Waals surface area contributed by atoms with Crippen LogP contribution in [-0.2, 0) is 26.0 Å². The molecular formula is C18H20N4O4S. The molecule has 0 spiro atoms. The number of carbonyl (C=O) groups excluding carboxylic acids is 1. The van der Waals surface area contributed by atoms with Crippen LogP contribution in [0.15, 0.2) is 29.3 Å². The zero-order chi connectivity index (χ0) is 19.0. The molecule has 1 fully saturated rings. The summed E-state index contributed by atoms with van der Waals surface area (Å²) in [5.74, 6) is 0.469. The van der Waals surface area contributed by atoms with Crippen molar-refractivity contribution in [3.8, 4) is 0 Å². The normalized spacial score (nSPS) is 19.3. The van der Waals surface area contributed by atoms with Crippen LogP contribution in [0.5, 0.6) is 0 Å². The highest BCUT2D eigenvalue weighted by Crippen LogP contribution is 2.38. The van der Waals surface area contributed by atoms with Crippen LogP contribution in [0.4, 0.5) is 5.69 Å². The molecule has 2 aliphatic rings. The van der Waals surface area contributed by atoms with Crippen LogP contribution in [0.3, 0.4) is 0 Å². The van der Waals surface area contributed by atoms with Crippen LogP contribution in [0.1, 0.15) is 24.0 Å². The molecule has 1 saturated heterocycles. The number of carbonyl (C=O) groups is 1. The highest BCUT2D eigenvalue weighted by atomic mass is 32.2. The second kappa shape index (κ2) is 6.91. The van der Waals surface area contributed by atoms with Gasteiger partial charge >= 0.3 is 0 Å². The molecule has 0 atom stereocenters. The Morgan fingerprint density at radius 3 is 2.78 bits per heavy atom. The SMILES string of the molecule is CCc1ncc(C=C2C(=O)Nc3cccc(S(=O)(=O)N4CCOCC4)c32)[nH]1. The number of aryl methyl sites for hydroxylation is 1. The van der Waals surface area contributed by atoms with Crippen molar-refractivity contribution >= 4 is 33.3 Å². The van der Waals surface area contributed by atoms with Crippen molar-refractivity contribution in [1.29, 1.82) is 0 Å². The largest absolute Gasteiger partial charge is 0.379 e. The van der Waals surface area contributed by atoms with Gasteiger partial charge in [-0.1, -0.05) is 13.0 Å². The first kappa shape index (κ1) is 17.9. The monoisotopic (exact) mass is 388 g/mol. The quantitative estimate of drug-likeness (QED) is 0.772. The third kappa shape index (κ3) is 3.18. The maximum atomic E-state index is 13.2. The van der Waals surface area contributed by atoms with Gasteiger partial charge in [0.25, 0.3) is 5.91 Å². The highest BCUT2D eigenvalue weighted by Gasteiger charge is 2.35. The summed E-state index contributed by atoms with van der Waals surface area (Å²) < 4.78 is 33.0. The average Bonchev–Trinajstić information content (AvgIpc) is 3.27. The molecule has 2 aromatic rings. The van der Waals surface area contributed by atoms with Crippen LogP contribution in [-0.4, -0.2) is 54.9 Å². The number of hydrogen-bond donors (Lipinski definition) is 2. The number of anilines is 1. The van der Waals surface area contributed by atoms with Crippen LogP contribution in [0.2, 0.25) is 0 Å². The first-order valence-corrected chi connectivity index (χ1v) is 10.2. The molecule has 142 valence electrons. The molecule has 27 heavy (non-hydrogen) atoms. The van der Waals surface area contributed by atoms with E-state index >= 15 is 0 Å². The number of ether oxygens (including phenoxy) is 1. The van der Waals surface area contributed by atoms with E-state index in [-0.39, 0.29) is 10.8 Å². The molecule has 3 heterocycles. The second-order valence-corrected chi connectivity index (χ2v) is 8.25. The molecule has 0 radical (unpaired) electrons. The van der Waals surface area contributed by atoms with E-state index in [1.54, 1.807) is 30.5 Å². The van der Waals surface area contributed by atoms with Gasteiger partial charge in [0.1, 0.15) is 5.82 Å². The summed E-state index contributed by atoms with van der Waals surface area (Å²) in [5.41, 5.74) is 1.87. The van der Waals surface area contributed by atoms with E-state index in [0.717, 1.165) is 12.2 Å². The van der Waals surface area contributed by atoms with Crippen LogP contribution in [0, 0.1) is 0 Å². The van der Waals surface area contributed by atoms with Crippen LogP contribution < -0.4 is 5.32 Å². The smallest absolute Gasteiger partial charge is 0.256 e. The number of sulfonamides is 1. The Morgan fingerprint density at radius 1 is 1.30 bits per heavy atom. The van der Waals surface area contributed by atoms with Gasteiger partial charge in [-0.25, -0.2) is 13.4 Å². The lowest BCUT2D eigenvalue weighted by molar-refractivity contribution is -0.110. The average molecular weight is 388 g/mol. The Hall–Kier alpha value is -2.49. The second-order valence-electron chi connectivity index (χ2n) is 6.35. The Bertz CT molecular complexity index is 1020. The molecule has 1 aromatic carbocycles. The summed E-state index contributed by atoms with van der Waals surface area (Å²) in [5, 5.41) is 2.75. The van der Waals surface area contributed by atoms with Gasteiger partial charge in [0.2, 0.25) is 10.0 Å². The van der Waals surface area contributed by atoms with E-state index in [9.17, 15) is 13.2 Å². The number of nitrogens with one attached hydrogen (secondary N) is 2. The fourth-order valence-electron chi connectivity index (χ4n) is 3.28. The van der Waals surface area contributed by atoms with Crippen molar-refractivity contribution in [3.05, 3.63) is 41.5 Å². The molecule has 0 bridgehead atoms. The van der Waals surface area contributed by atoms with Crippen LogP contribution in [0.25, 0.3) is 11.6 Å². The van der Waals surface area contributed by atoms with Crippen molar-refractivity contribution in [2.24, 2.45) is 0 Å². The Balaban J connectivity index is 1.81. The minimum absolute atomic E-state index is 0.127. The summed E-state index contributed by atoms with van der Waals surface area (Å²) >= 11 is 0. The fourth-order valence-corrected chi connectivity index (χ4v) is 4.92. The lowest BCUT2D eigenvalue weighted by Gasteiger charge is -2.26. The van der Waals surface area contributed by atoms with Gasteiger partial charge in [-0.15, -0.1) is 0 Å². The summed E-state index contributed by atoms with van der Waals surface area (Å²) in [4.78, 5) is 20.0. The first-order chi connectivity index (χ1) is 13.0. The molecular weight excluding hydrogens is 368 g/mol. The number of rotatable bonds is 4. The highest BCUT2D eigenvalue weighted by molar-refractivity contribution is 7.89. The third-order valence-corrected chi connectivity index (χ3v) is 6.60. The van der Waals surface area contributed by atoms with Crippen molar-refractivity contribution in [2.75, 3.05) is 31.6 Å². The number of fused-ring (bicyclic) bond motifs is 1. The van der Waals surface area contributed by atoms with Gasteiger partial charge in [-0.05, 0) is 18.2 Å². The van der Waals surface area contributed by atoms with E-state index in [2.05, 4.69) is 15.3 Å². The molecule has 1 amide bonds. The number of hydrogen-bond acceptors (Lipinski definition) is 5. The number of amides is 1. The summed E-state index contributed by atoms with van der Waals surface area (Å²) in [7, 11) is -3.74. The fraction of sp³-hybridized carbons (Fsp3) is 0.333. The first-order valence-electron chi connectivity index (χ1n) is 8.79. The molecule has 8 nitrogen and oxygen atoms in total. The van der Waals surface area contributed by atoms with Gasteiger partial charge in [0.15, 0.2) is 0 Å². The maximum absolute atomic E-state index is 13.2. The number of H-pyrrole nitrogens is 1. The molecule has 0 saturated carbocycles. The van der Waals surface area contributed by atoms with Crippen molar-refractivity contribution in [2.45, 2.75) is 18.2 Å². The third-order valence-electron chi connectivity index (χ3n) is 4.66. The van der Waals surface area contributed by atoms with Crippen molar-refractivity contribution in [1.82, 2.24) is 14.3 Å². The molecule has 2 aliphatic heterocycles. The van der Waals surface area contributed by atoms with E-state index in [1.807, 2.05) is 6.92 Å². The molecule has 0 unspecified atom stereocenters. The lowest BCUT2D eigenvalue weighted by Crippen LogP contribution is -2.40. The minimum atomic E-state index is -3.74. The topological polar surface area (TPSA) is 104 Å². The molecule has 9 heteroatoms. The number of imidazole rings is 1. The van der Waals surface area contributed by atoms with Crippen molar-refractivity contribution < 1.29 is 17.9 Å². The predicted molar refractivity (Wildman–Crippen MR) is 100 cm³/mol. The predicted octanol–water partition coefficient (Wildman–Crippen LogP) is 1.49. The lowest BCUT2D eigenvalue weighted by atomic mass is 10.1. The number of morpholine rings is 1. The molecule has 1 aromatic heterocycles. The van der Waals surface area contributed by atoms with Gasteiger partial charge in [0.05, 0.1) is 41.3 Å². The summed E-state index contributed by atoms with van der Waals surface area (Å²) in [6.07, 6.45) is 4.02. The number of benzene rings is 1. The number of aromatic amines is 1. The van der Waals surface area contributed by atoms with E-state index in [4.69, 9.17) is 4.74 Å². The molecule has 4 rings (SSSR count). The van der Waals surface area contributed by atoms with E-state index < -0.39 is 10.0 Å². The van der Waals surface area contributed by atoms with Crippen LogP contribution >= 0.6 is 0 Å². The molecule has 2 N–H and O–H groups in total. The minimum Gasteiger partial charge on any atom is -0.379 e. The summed E-state index contributed by atoms with van der Waals surface area (Å²) in [6, 6.07) is 4.89. The van der Waals surface area contributed by atoms with Gasteiger partial charge < -0.3 is 15.0 Å². The zero-order valence-corrected chi connectivity index (χ0v) is 15.7. The maximum Gasteiger partial charge on any atom is 0.256 e. The molecule has 0 aliphatic carbocycles. The summed E-state index contributed by atoms with van der Waals surface area (Å²) in [6.45, 7) is 3.30.